The molecular weight excluding hydrogens is 828 g/mol. The molecule has 3 aromatic rings. The van der Waals surface area contributed by atoms with Crippen molar-refractivity contribution in [3.63, 3.8) is 0 Å². The second-order valence-corrected chi connectivity index (χ2v) is 16.5. The summed E-state index contributed by atoms with van der Waals surface area (Å²) in [5, 5.41) is 28.4. The number of alkyl halides is 5. The number of allylic oxidation sites excluding steroid dienone is 1. The summed E-state index contributed by atoms with van der Waals surface area (Å²) in [5.41, 5.74) is 0.780. The Bertz CT molecular complexity index is 2110. The molecular formula is C45H53F5N8O5. The number of anilines is 1. The third-order valence-corrected chi connectivity index (χ3v) is 11.9. The van der Waals surface area contributed by atoms with Crippen LogP contribution in [0.3, 0.4) is 0 Å². The lowest BCUT2D eigenvalue weighted by Gasteiger charge is -2.47. The first-order valence-corrected chi connectivity index (χ1v) is 20.7. The zero-order valence-corrected chi connectivity index (χ0v) is 35.2. The maximum atomic E-state index is 14.2. The Kier molecular flexibility index (Phi) is 15.4. The summed E-state index contributed by atoms with van der Waals surface area (Å²) in [6.07, 6.45) is -1.40. The van der Waals surface area contributed by atoms with E-state index in [4.69, 9.17) is 15.1 Å². The zero-order valence-electron chi connectivity index (χ0n) is 35.2. The lowest BCUT2D eigenvalue weighted by molar-refractivity contribution is -0.220. The number of nitrogens with zero attached hydrogens (tertiary/aromatic N) is 3. The van der Waals surface area contributed by atoms with Gasteiger partial charge in [0.2, 0.25) is 5.91 Å². The van der Waals surface area contributed by atoms with Gasteiger partial charge in [0.15, 0.2) is 0 Å². The van der Waals surface area contributed by atoms with Crippen molar-refractivity contribution in [2.75, 3.05) is 44.9 Å². The SMILES string of the molecule is COC(=O)N[C@H](C(=O)N[C@@H](Cc1ccc(C#Cc2ccc(N3CC4CCC(C3)N4C3COC3)nc2)cc1)[C@@H](O)CNCc1ccc(/C(C=N)=C/NC(F)F)cc1)C(C)(C)C(F)(F)F. The van der Waals surface area contributed by atoms with Crippen molar-refractivity contribution in [1.82, 2.24) is 31.2 Å². The fourth-order valence-electron chi connectivity index (χ4n) is 8.03. The molecule has 6 rings (SSSR count). The number of carbonyl (C=O) groups excluding carboxylic acids is 2. The quantitative estimate of drug-likeness (QED) is 0.0480. The van der Waals surface area contributed by atoms with Gasteiger partial charge < -0.3 is 46.2 Å². The number of aliphatic hydroxyl groups excluding tert-OH is 1. The molecule has 4 heterocycles. The van der Waals surface area contributed by atoms with Crippen LogP contribution >= 0.6 is 0 Å². The van der Waals surface area contributed by atoms with Crippen LogP contribution in [0.1, 0.15) is 54.5 Å². The first-order chi connectivity index (χ1) is 30.1. The van der Waals surface area contributed by atoms with Crippen molar-refractivity contribution in [3.8, 4) is 11.8 Å². The van der Waals surface area contributed by atoms with E-state index in [1.165, 1.54) is 12.8 Å². The molecule has 0 spiro atoms. The molecule has 2 bridgehead atoms. The van der Waals surface area contributed by atoms with Crippen molar-refractivity contribution in [3.05, 3.63) is 101 Å². The molecule has 3 saturated heterocycles. The predicted molar refractivity (Wildman–Crippen MR) is 227 cm³/mol. The Balaban J connectivity index is 1.11. The van der Waals surface area contributed by atoms with Gasteiger partial charge in [-0.2, -0.15) is 22.0 Å². The molecule has 5 atom stereocenters. The highest BCUT2D eigenvalue weighted by molar-refractivity contribution is 6.08. The summed E-state index contributed by atoms with van der Waals surface area (Å²) in [4.78, 5) is 35.5. The van der Waals surface area contributed by atoms with Crippen LogP contribution < -0.4 is 26.2 Å². The number of pyridine rings is 1. The highest BCUT2D eigenvalue weighted by Gasteiger charge is 2.56. The van der Waals surface area contributed by atoms with Crippen LogP contribution in [0.4, 0.5) is 32.6 Å². The number of ether oxygens (including phenoxy) is 2. The molecule has 2 unspecified atom stereocenters. The van der Waals surface area contributed by atoms with E-state index in [9.17, 15) is 36.6 Å². The Morgan fingerprint density at radius 2 is 1.59 bits per heavy atom. The van der Waals surface area contributed by atoms with Crippen LogP contribution in [0.15, 0.2) is 73.1 Å². The summed E-state index contributed by atoms with van der Waals surface area (Å²) >= 11 is 0. The molecule has 1 aromatic heterocycles. The standard InChI is InChI=1S/C45H53F5N8O5/c1-44(2,45(48,49)50)40(56-43(61)62-3)41(60)55-37(38(59)23-52-20-30-10-13-32(14-11-30)33(19-51)22-54-42(46)47)18-29-7-4-28(5-8-29)6-9-31-12-17-39(53-21-31)57-24-34-15-16-35(25-57)58(34)36-26-63-27-36/h4-5,7-8,10-14,17,19,21-22,34-38,40,42,51-52,54,59H,15-16,18,20,23-27H2,1-3H3,(H,55,60)(H,56,61)/b33-22+,51-19?/t34?,35?,37-,38-,40+/m0/s1. The third-order valence-electron chi connectivity index (χ3n) is 11.9. The van der Waals surface area contributed by atoms with Gasteiger partial charge in [-0.25, -0.2) is 9.78 Å². The molecule has 338 valence electrons. The number of piperazine rings is 1. The number of hydrogen-bond acceptors (Lipinski definition) is 11. The Morgan fingerprint density at radius 3 is 2.14 bits per heavy atom. The van der Waals surface area contributed by atoms with Crippen LogP contribution in [0, 0.1) is 22.7 Å². The van der Waals surface area contributed by atoms with Crippen LogP contribution in [0.2, 0.25) is 0 Å². The van der Waals surface area contributed by atoms with Crippen LogP contribution in [-0.2, 0) is 27.2 Å². The summed E-state index contributed by atoms with van der Waals surface area (Å²) in [6, 6.07) is 15.9. The van der Waals surface area contributed by atoms with Crippen molar-refractivity contribution >= 4 is 29.6 Å². The molecule has 0 radical (unpaired) electrons. The van der Waals surface area contributed by atoms with Gasteiger partial charge in [-0.3, -0.25) is 9.69 Å². The van der Waals surface area contributed by atoms with Crippen molar-refractivity contribution in [2.24, 2.45) is 5.41 Å². The summed E-state index contributed by atoms with van der Waals surface area (Å²) in [5.74, 6) is 6.01. The lowest BCUT2D eigenvalue weighted by Crippen LogP contribution is -2.62. The predicted octanol–water partition coefficient (Wildman–Crippen LogP) is 4.83. The van der Waals surface area contributed by atoms with Crippen LogP contribution in [0.5, 0.6) is 0 Å². The van der Waals surface area contributed by atoms with Crippen molar-refractivity contribution in [2.45, 2.75) is 88.7 Å². The topological polar surface area (TPSA) is 164 Å². The number of fused-ring (bicyclic) bond motifs is 2. The zero-order chi connectivity index (χ0) is 45.3. The van der Waals surface area contributed by atoms with Gasteiger partial charge in [-0.05, 0) is 74.1 Å². The Hall–Kier alpha value is -5.61. The van der Waals surface area contributed by atoms with Gasteiger partial charge in [-0.15, -0.1) is 0 Å². The number of amides is 2. The molecule has 2 amide bonds. The number of carbonyl (C=O) groups is 2. The number of benzene rings is 2. The third kappa shape index (κ3) is 11.9. The second kappa shape index (κ2) is 20.7. The van der Waals surface area contributed by atoms with E-state index in [0.717, 1.165) is 76.6 Å². The fourth-order valence-corrected chi connectivity index (χ4v) is 8.03. The summed E-state index contributed by atoms with van der Waals surface area (Å²) in [7, 11) is 0.962. The van der Waals surface area contributed by atoms with Crippen molar-refractivity contribution in [1.29, 1.82) is 5.41 Å². The molecule has 2 aromatic carbocycles. The first kappa shape index (κ1) is 46.9. The van der Waals surface area contributed by atoms with E-state index >= 15 is 0 Å². The molecule has 3 fully saturated rings. The fraction of sp³-hybridized carbons (Fsp3) is 0.467. The van der Waals surface area contributed by atoms with E-state index in [1.807, 2.05) is 22.8 Å². The number of methoxy groups -OCH3 is 1. The average molecular weight is 881 g/mol. The monoisotopic (exact) mass is 880 g/mol. The smallest absolute Gasteiger partial charge is 0.407 e. The largest absolute Gasteiger partial charge is 0.453 e. The average Bonchev–Trinajstić information content (AvgIpc) is 3.47. The highest BCUT2D eigenvalue weighted by Crippen LogP contribution is 2.41. The van der Waals surface area contributed by atoms with E-state index in [2.05, 4.69) is 37.0 Å². The number of halogens is 5. The van der Waals surface area contributed by atoms with E-state index in [0.29, 0.717) is 34.8 Å². The van der Waals surface area contributed by atoms with Gasteiger partial charge in [0.05, 0.1) is 43.9 Å². The van der Waals surface area contributed by atoms with Gasteiger partial charge in [0.1, 0.15) is 11.9 Å². The van der Waals surface area contributed by atoms with Crippen LogP contribution in [0.25, 0.3) is 5.57 Å². The van der Waals surface area contributed by atoms with E-state index in [-0.39, 0.29) is 25.1 Å². The number of nitrogens with one attached hydrogen (secondary N) is 5. The minimum atomic E-state index is -4.91. The lowest BCUT2D eigenvalue weighted by atomic mass is 9.82. The highest BCUT2D eigenvalue weighted by atomic mass is 19.4. The Labute approximate surface area is 363 Å². The molecule has 0 aliphatic carbocycles. The first-order valence-electron chi connectivity index (χ1n) is 20.7. The molecule has 63 heavy (non-hydrogen) atoms. The number of aromatic nitrogens is 1. The van der Waals surface area contributed by atoms with E-state index in [1.54, 1.807) is 54.7 Å². The summed E-state index contributed by atoms with van der Waals surface area (Å²) in [6.45, 7) is 2.36. The second-order valence-electron chi connectivity index (χ2n) is 16.5. The number of hydrogen-bond donors (Lipinski definition) is 6. The molecule has 6 N–H and O–H groups in total. The van der Waals surface area contributed by atoms with Gasteiger partial charge in [0.25, 0.3) is 0 Å². The van der Waals surface area contributed by atoms with Crippen LogP contribution in [-0.4, -0.2) is 122 Å². The normalized spacial score (nSPS) is 19.6. The number of rotatable bonds is 17. The van der Waals surface area contributed by atoms with Crippen molar-refractivity contribution < 1.29 is 46.1 Å². The summed E-state index contributed by atoms with van der Waals surface area (Å²) < 4.78 is 77.8. The number of aliphatic hydroxyl groups is 1. The molecule has 13 nitrogen and oxygen atoms in total. The maximum Gasteiger partial charge on any atom is 0.407 e. The number of alkyl carbamates (subject to hydrolysis) is 1. The molecule has 3 aliphatic heterocycles. The minimum Gasteiger partial charge on any atom is -0.453 e. The Morgan fingerprint density at radius 1 is 0.952 bits per heavy atom. The minimum absolute atomic E-state index is 0.00440. The maximum absolute atomic E-state index is 14.2. The van der Waals surface area contributed by atoms with Gasteiger partial charge >= 0.3 is 18.8 Å². The van der Waals surface area contributed by atoms with Gasteiger partial charge in [0, 0.05) is 73.6 Å². The van der Waals surface area contributed by atoms with Gasteiger partial charge in [-0.1, -0.05) is 48.2 Å². The molecule has 18 heteroatoms. The molecule has 0 saturated carbocycles. The van der Waals surface area contributed by atoms with E-state index < -0.39 is 48.3 Å². The molecule has 3 aliphatic rings.